The number of morpholine rings is 1. The highest BCUT2D eigenvalue weighted by molar-refractivity contribution is 5.56. The Labute approximate surface area is 111 Å². The number of rotatable bonds is 5. The number of aliphatic hydroxyl groups excluding tert-OH is 2. The Bertz CT molecular complexity index is 411. The fraction of sp³-hybridized carbons (Fsp3) is 0.538. The molecule has 0 radical (unpaired) electrons. The second kappa shape index (κ2) is 6.70. The highest BCUT2D eigenvalue weighted by Crippen LogP contribution is 2.23. The molecule has 19 heavy (non-hydrogen) atoms. The molecule has 1 saturated heterocycles. The smallest absolute Gasteiger partial charge is 0.148 e. The predicted molar refractivity (Wildman–Crippen MR) is 71.0 cm³/mol. The van der Waals surface area contributed by atoms with Gasteiger partial charge in [-0.15, -0.1) is 0 Å². The maximum Gasteiger partial charge on any atom is 0.148 e. The van der Waals surface area contributed by atoms with Crippen molar-refractivity contribution < 1.29 is 19.3 Å². The van der Waals surface area contributed by atoms with Crippen LogP contribution in [0.25, 0.3) is 0 Å². The topological polar surface area (TPSA) is 65.0 Å². The van der Waals surface area contributed by atoms with E-state index in [2.05, 4.69) is 5.32 Å². The van der Waals surface area contributed by atoms with Gasteiger partial charge in [0, 0.05) is 25.3 Å². The van der Waals surface area contributed by atoms with Crippen LogP contribution >= 0.6 is 0 Å². The molecule has 1 heterocycles. The van der Waals surface area contributed by atoms with Gasteiger partial charge in [-0.1, -0.05) is 0 Å². The molecule has 1 aromatic carbocycles. The van der Waals surface area contributed by atoms with Crippen molar-refractivity contribution in [2.45, 2.75) is 6.10 Å². The van der Waals surface area contributed by atoms with E-state index < -0.39 is 6.10 Å². The summed E-state index contributed by atoms with van der Waals surface area (Å²) in [5.41, 5.74) is 1.15. The van der Waals surface area contributed by atoms with Crippen molar-refractivity contribution >= 4 is 11.4 Å². The van der Waals surface area contributed by atoms with Gasteiger partial charge in [-0.25, -0.2) is 4.39 Å². The lowest BCUT2D eigenvalue weighted by Crippen LogP contribution is -2.36. The molecule has 0 bridgehead atoms. The number of aliphatic hydroxyl groups is 2. The number of halogens is 1. The molecular weight excluding hydrogens is 251 g/mol. The number of hydrogen-bond donors (Lipinski definition) is 3. The van der Waals surface area contributed by atoms with Crippen LogP contribution in [0.15, 0.2) is 18.2 Å². The van der Waals surface area contributed by atoms with Gasteiger partial charge in [-0.05, 0) is 18.2 Å². The molecule has 0 saturated carbocycles. The molecule has 106 valence electrons. The van der Waals surface area contributed by atoms with E-state index in [1.807, 2.05) is 4.90 Å². The van der Waals surface area contributed by atoms with Gasteiger partial charge >= 0.3 is 0 Å². The first-order valence-electron chi connectivity index (χ1n) is 6.35. The summed E-state index contributed by atoms with van der Waals surface area (Å²) >= 11 is 0. The van der Waals surface area contributed by atoms with Crippen LogP contribution in [0.4, 0.5) is 15.8 Å². The van der Waals surface area contributed by atoms with Crippen molar-refractivity contribution in [2.75, 3.05) is 49.7 Å². The largest absolute Gasteiger partial charge is 0.394 e. The molecule has 6 heteroatoms. The summed E-state index contributed by atoms with van der Waals surface area (Å²) in [4.78, 5) is 1.95. The second-order valence-electron chi connectivity index (χ2n) is 4.48. The summed E-state index contributed by atoms with van der Waals surface area (Å²) in [7, 11) is 0. The number of nitrogens with zero attached hydrogens (tertiary/aromatic N) is 1. The van der Waals surface area contributed by atoms with Crippen LogP contribution in [0.1, 0.15) is 0 Å². The lowest BCUT2D eigenvalue weighted by molar-refractivity contribution is 0.105. The Kier molecular flexibility index (Phi) is 4.95. The van der Waals surface area contributed by atoms with Gasteiger partial charge in [0.05, 0.1) is 31.6 Å². The van der Waals surface area contributed by atoms with E-state index in [0.29, 0.717) is 37.7 Å². The van der Waals surface area contributed by atoms with Gasteiger partial charge in [0.25, 0.3) is 0 Å². The Morgan fingerprint density at radius 1 is 1.37 bits per heavy atom. The minimum atomic E-state index is -0.845. The van der Waals surface area contributed by atoms with Gasteiger partial charge in [-0.2, -0.15) is 0 Å². The Hall–Kier alpha value is -1.37. The first-order valence-corrected chi connectivity index (χ1v) is 6.35. The van der Waals surface area contributed by atoms with Crippen LogP contribution in [0.3, 0.4) is 0 Å². The monoisotopic (exact) mass is 270 g/mol. The minimum absolute atomic E-state index is 0.187. The van der Waals surface area contributed by atoms with Gasteiger partial charge in [-0.3, -0.25) is 0 Å². The van der Waals surface area contributed by atoms with E-state index >= 15 is 0 Å². The quantitative estimate of drug-likeness (QED) is 0.724. The number of hydrogen-bond acceptors (Lipinski definition) is 5. The number of benzene rings is 1. The summed E-state index contributed by atoms with van der Waals surface area (Å²) in [6.07, 6.45) is -0.845. The molecule has 1 fully saturated rings. The molecule has 0 spiro atoms. The fourth-order valence-electron chi connectivity index (χ4n) is 1.98. The third-order valence-corrected chi connectivity index (χ3v) is 3.05. The predicted octanol–water partition coefficient (Wildman–Crippen LogP) is 0.427. The normalized spacial score (nSPS) is 17.3. The van der Waals surface area contributed by atoms with Crippen LogP contribution < -0.4 is 10.2 Å². The van der Waals surface area contributed by atoms with E-state index in [1.165, 1.54) is 6.07 Å². The van der Waals surface area contributed by atoms with Crippen molar-refractivity contribution in [3.8, 4) is 0 Å². The minimum Gasteiger partial charge on any atom is -0.394 e. The van der Waals surface area contributed by atoms with Gasteiger partial charge in [0.2, 0.25) is 0 Å². The van der Waals surface area contributed by atoms with E-state index in [-0.39, 0.29) is 19.0 Å². The van der Waals surface area contributed by atoms with Crippen LogP contribution in [0, 0.1) is 5.82 Å². The molecule has 0 unspecified atom stereocenters. The van der Waals surface area contributed by atoms with E-state index in [1.54, 1.807) is 12.1 Å². The maximum atomic E-state index is 14.0. The second-order valence-corrected chi connectivity index (χ2v) is 4.48. The number of ether oxygens (including phenoxy) is 1. The van der Waals surface area contributed by atoms with Gasteiger partial charge < -0.3 is 25.2 Å². The van der Waals surface area contributed by atoms with Crippen molar-refractivity contribution in [3.63, 3.8) is 0 Å². The summed E-state index contributed by atoms with van der Waals surface area (Å²) in [6.45, 7) is 2.47. The lowest BCUT2D eigenvalue weighted by atomic mass is 10.2. The zero-order valence-electron chi connectivity index (χ0n) is 10.7. The molecule has 1 aliphatic heterocycles. The molecule has 1 aliphatic rings. The SMILES string of the molecule is OC[C@@H](O)CNc1ccc(N2CCOCC2)c(F)c1. The zero-order chi connectivity index (χ0) is 13.7. The van der Waals surface area contributed by atoms with Crippen molar-refractivity contribution in [3.05, 3.63) is 24.0 Å². The molecule has 1 aromatic rings. The maximum absolute atomic E-state index is 14.0. The molecule has 2 rings (SSSR count). The van der Waals surface area contributed by atoms with E-state index in [9.17, 15) is 9.50 Å². The third kappa shape index (κ3) is 3.79. The summed E-state index contributed by atoms with van der Waals surface area (Å²) < 4.78 is 19.2. The molecule has 0 aromatic heterocycles. The zero-order valence-corrected chi connectivity index (χ0v) is 10.7. The standard InChI is InChI=1S/C13H19FN2O3/c14-12-7-10(15-8-11(18)9-17)1-2-13(12)16-3-5-19-6-4-16/h1-2,7,11,15,17-18H,3-6,8-9H2/t11-/m0/s1. The average molecular weight is 270 g/mol. The van der Waals surface area contributed by atoms with Crippen molar-refractivity contribution in [1.29, 1.82) is 0 Å². The van der Waals surface area contributed by atoms with E-state index in [4.69, 9.17) is 9.84 Å². The first-order chi connectivity index (χ1) is 9.20. The van der Waals surface area contributed by atoms with Gasteiger partial charge in [0.1, 0.15) is 5.82 Å². The van der Waals surface area contributed by atoms with Crippen LogP contribution in [0.2, 0.25) is 0 Å². The van der Waals surface area contributed by atoms with Crippen LogP contribution in [0.5, 0.6) is 0 Å². The summed E-state index contributed by atoms with van der Waals surface area (Å²) in [5, 5.41) is 20.8. The molecule has 0 amide bonds. The first kappa shape index (κ1) is 14.0. The third-order valence-electron chi connectivity index (χ3n) is 3.05. The van der Waals surface area contributed by atoms with Crippen LogP contribution in [-0.2, 0) is 4.74 Å². The molecule has 5 nitrogen and oxygen atoms in total. The number of nitrogens with one attached hydrogen (secondary N) is 1. The highest BCUT2D eigenvalue weighted by Gasteiger charge is 2.15. The average Bonchev–Trinajstić information content (AvgIpc) is 2.45. The molecular formula is C13H19FN2O3. The lowest BCUT2D eigenvalue weighted by Gasteiger charge is -2.29. The highest BCUT2D eigenvalue weighted by atomic mass is 19.1. The molecule has 3 N–H and O–H groups in total. The fourth-order valence-corrected chi connectivity index (χ4v) is 1.98. The summed E-state index contributed by atoms with van der Waals surface area (Å²) in [5.74, 6) is -0.301. The molecule has 0 aliphatic carbocycles. The Morgan fingerprint density at radius 2 is 2.11 bits per heavy atom. The Balaban J connectivity index is 2.00. The van der Waals surface area contributed by atoms with Gasteiger partial charge in [0.15, 0.2) is 0 Å². The van der Waals surface area contributed by atoms with Crippen molar-refractivity contribution in [1.82, 2.24) is 0 Å². The number of anilines is 2. The van der Waals surface area contributed by atoms with E-state index in [0.717, 1.165) is 0 Å². The summed E-state index contributed by atoms with van der Waals surface area (Å²) in [6, 6.07) is 4.88. The molecule has 1 atom stereocenters. The Morgan fingerprint density at radius 3 is 2.74 bits per heavy atom. The van der Waals surface area contributed by atoms with Crippen LogP contribution in [-0.4, -0.2) is 55.8 Å². The van der Waals surface area contributed by atoms with Crippen molar-refractivity contribution in [2.24, 2.45) is 0 Å².